The van der Waals surface area contributed by atoms with Gasteiger partial charge in [0.2, 0.25) is 0 Å². The average Bonchev–Trinajstić information content (AvgIpc) is 2.49. The van der Waals surface area contributed by atoms with Gasteiger partial charge in [0, 0.05) is 18.6 Å². The van der Waals surface area contributed by atoms with Crippen molar-refractivity contribution in [3.05, 3.63) is 35.8 Å². The van der Waals surface area contributed by atoms with Crippen molar-refractivity contribution in [1.82, 2.24) is 4.57 Å². The Morgan fingerprint density at radius 2 is 2.14 bits per heavy atom. The molecule has 0 spiro atoms. The Hall–Kier alpha value is -1.84. The second-order valence-electron chi connectivity index (χ2n) is 3.09. The van der Waals surface area contributed by atoms with E-state index in [0.717, 1.165) is 0 Å². The van der Waals surface area contributed by atoms with Gasteiger partial charge in [0.1, 0.15) is 5.82 Å². The highest BCUT2D eigenvalue weighted by Crippen LogP contribution is 2.22. The number of nitrogens with zero attached hydrogens (tertiary/aromatic N) is 1. The molecule has 0 atom stereocenters. The lowest BCUT2D eigenvalue weighted by Gasteiger charge is -2.00. The van der Waals surface area contributed by atoms with Gasteiger partial charge in [0.25, 0.3) is 0 Å². The van der Waals surface area contributed by atoms with Crippen LogP contribution in [0.3, 0.4) is 0 Å². The maximum Gasteiger partial charge on any atom is 0.336 e. The Bertz CT molecular complexity index is 516. The minimum absolute atomic E-state index is 0.127. The first-order valence-corrected chi connectivity index (χ1v) is 4.08. The zero-order valence-corrected chi connectivity index (χ0v) is 7.49. The standard InChI is InChI=1S/C10H8FNO2/c1-12-5-4-6-7(10(13)14)2-3-8(11)9(6)12/h2-5H,1H3,(H,13,14). The van der Waals surface area contributed by atoms with Crippen molar-refractivity contribution in [2.45, 2.75) is 0 Å². The smallest absolute Gasteiger partial charge is 0.336 e. The molecule has 0 amide bonds. The van der Waals surface area contributed by atoms with E-state index >= 15 is 0 Å². The minimum atomic E-state index is -1.04. The molecule has 2 aromatic rings. The minimum Gasteiger partial charge on any atom is -0.478 e. The summed E-state index contributed by atoms with van der Waals surface area (Å²) in [6, 6.07) is 4.05. The number of aromatic carboxylic acids is 1. The molecule has 0 aliphatic rings. The predicted molar refractivity (Wildman–Crippen MR) is 49.8 cm³/mol. The number of benzene rings is 1. The monoisotopic (exact) mass is 193 g/mol. The molecule has 14 heavy (non-hydrogen) atoms. The number of carbonyl (C=O) groups is 1. The zero-order chi connectivity index (χ0) is 10.3. The fraction of sp³-hybridized carbons (Fsp3) is 0.100. The molecular formula is C10H8FNO2. The van der Waals surface area contributed by atoms with Crippen LogP contribution in [-0.4, -0.2) is 15.6 Å². The first kappa shape index (κ1) is 8.74. The molecule has 0 fully saturated rings. The summed E-state index contributed by atoms with van der Waals surface area (Å²) < 4.78 is 14.9. The number of rotatable bonds is 1. The molecule has 72 valence electrons. The highest BCUT2D eigenvalue weighted by molar-refractivity contribution is 6.03. The molecule has 0 unspecified atom stereocenters. The van der Waals surface area contributed by atoms with Crippen LogP contribution in [0.15, 0.2) is 24.4 Å². The Morgan fingerprint density at radius 1 is 1.43 bits per heavy atom. The van der Waals surface area contributed by atoms with E-state index in [1.54, 1.807) is 23.9 Å². The second-order valence-corrected chi connectivity index (χ2v) is 3.09. The molecule has 4 heteroatoms. The topological polar surface area (TPSA) is 42.2 Å². The van der Waals surface area contributed by atoms with Crippen LogP contribution in [-0.2, 0) is 7.05 Å². The van der Waals surface area contributed by atoms with Crippen LogP contribution in [0.5, 0.6) is 0 Å². The van der Waals surface area contributed by atoms with Crippen LogP contribution in [0.1, 0.15) is 10.4 Å². The fourth-order valence-corrected chi connectivity index (χ4v) is 1.56. The molecule has 0 bridgehead atoms. The molecule has 1 heterocycles. The van der Waals surface area contributed by atoms with Crippen LogP contribution in [0.25, 0.3) is 10.9 Å². The number of hydrogen-bond donors (Lipinski definition) is 1. The molecule has 0 aliphatic heterocycles. The number of aryl methyl sites for hydroxylation is 1. The fourth-order valence-electron chi connectivity index (χ4n) is 1.56. The van der Waals surface area contributed by atoms with E-state index in [-0.39, 0.29) is 5.56 Å². The largest absolute Gasteiger partial charge is 0.478 e. The van der Waals surface area contributed by atoms with Gasteiger partial charge in [-0.25, -0.2) is 9.18 Å². The van der Waals surface area contributed by atoms with E-state index in [0.29, 0.717) is 10.9 Å². The number of aromatic nitrogens is 1. The lowest BCUT2D eigenvalue weighted by atomic mass is 10.1. The lowest BCUT2D eigenvalue weighted by molar-refractivity contribution is 0.0699. The van der Waals surface area contributed by atoms with Gasteiger partial charge in [-0.1, -0.05) is 0 Å². The zero-order valence-electron chi connectivity index (χ0n) is 7.49. The van der Waals surface area contributed by atoms with Crippen molar-refractivity contribution in [1.29, 1.82) is 0 Å². The molecule has 1 N–H and O–H groups in total. The summed E-state index contributed by atoms with van der Waals surface area (Å²) in [6.45, 7) is 0. The highest BCUT2D eigenvalue weighted by atomic mass is 19.1. The average molecular weight is 193 g/mol. The van der Waals surface area contributed by atoms with Gasteiger partial charge in [-0.2, -0.15) is 0 Å². The van der Waals surface area contributed by atoms with Gasteiger partial charge in [0.05, 0.1) is 11.1 Å². The molecule has 2 rings (SSSR count). The Labute approximate surface area is 79.4 Å². The Balaban J connectivity index is 2.90. The normalized spacial score (nSPS) is 10.7. The van der Waals surface area contributed by atoms with Crippen molar-refractivity contribution in [3.63, 3.8) is 0 Å². The molecule has 3 nitrogen and oxygen atoms in total. The number of carboxylic acids is 1. The van der Waals surface area contributed by atoms with Crippen molar-refractivity contribution >= 4 is 16.9 Å². The van der Waals surface area contributed by atoms with E-state index < -0.39 is 11.8 Å². The van der Waals surface area contributed by atoms with E-state index in [1.165, 1.54) is 12.1 Å². The maximum absolute atomic E-state index is 13.3. The molecule has 1 aromatic heterocycles. The number of halogens is 1. The Morgan fingerprint density at radius 3 is 2.79 bits per heavy atom. The Kier molecular flexibility index (Phi) is 1.77. The second kappa shape index (κ2) is 2.83. The van der Waals surface area contributed by atoms with Crippen molar-refractivity contribution in [3.8, 4) is 0 Å². The van der Waals surface area contributed by atoms with E-state index in [9.17, 15) is 9.18 Å². The molecule has 0 saturated carbocycles. The first-order valence-electron chi connectivity index (χ1n) is 4.08. The lowest BCUT2D eigenvalue weighted by Crippen LogP contribution is -1.98. The summed E-state index contributed by atoms with van der Waals surface area (Å²) in [7, 11) is 1.68. The van der Waals surface area contributed by atoms with Crippen LogP contribution in [0, 0.1) is 5.82 Å². The van der Waals surface area contributed by atoms with Crippen LogP contribution in [0.2, 0.25) is 0 Å². The van der Waals surface area contributed by atoms with Crippen LogP contribution >= 0.6 is 0 Å². The molecule has 0 aliphatic carbocycles. The summed E-state index contributed by atoms with van der Waals surface area (Å²) in [6.07, 6.45) is 1.64. The van der Waals surface area contributed by atoms with Crippen LogP contribution < -0.4 is 0 Å². The summed E-state index contributed by atoms with van der Waals surface area (Å²) in [5.41, 5.74) is 0.451. The quantitative estimate of drug-likeness (QED) is 0.752. The van der Waals surface area contributed by atoms with Gasteiger partial charge < -0.3 is 9.67 Å². The van der Waals surface area contributed by atoms with Crippen molar-refractivity contribution in [2.24, 2.45) is 7.05 Å². The highest BCUT2D eigenvalue weighted by Gasteiger charge is 2.13. The maximum atomic E-state index is 13.3. The van der Waals surface area contributed by atoms with Crippen molar-refractivity contribution in [2.75, 3.05) is 0 Å². The number of carboxylic acid groups (broad SMARTS) is 1. The summed E-state index contributed by atoms with van der Waals surface area (Å²) in [4.78, 5) is 10.8. The molecule has 0 saturated heterocycles. The first-order chi connectivity index (χ1) is 6.61. The van der Waals surface area contributed by atoms with Gasteiger partial charge in [-0.3, -0.25) is 0 Å². The van der Waals surface area contributed by atoms with Crippen LogP contribution in [0.4, 0.5) is 4.39 Å². The van der Waals surface area contributed by atoms with Crippen molar-refractivity contribution < 1.29 is 14.3 Å². The van der Waals surface area contributed by atoms with Gasteiger partial charge in [-0.05, 0) is 18.2 Å². The summed E-state index contributed by atoms with van der Waals surface area (Å²) in [5, 5.41) is 9.28. The third-order valence-corrected chi connectivity index (χ3v) is 2.22. The molecule has 0 radical (unpaired) electrons. The number of fused-ring (bicyclic) bond motifs is 1. The summed E-state index contributed by atoms with van der Waals surface area (Å²) in [5.74, 6) is -1.45. The van der Waals surface area contributed by atoms with Gasteiger partial charge >= 0.3 is 5.97 Å². The van der Waals surface area contributed by atoms with E-state index in [4.69, 9.17) is 5.11 Å². The van der Waals surface area contributed by atoms with Gasteiger partial charge in [0.15, 0.2) is 0 Å². The number of hydrogen-bond acceptors (Lipinski definition) is 1. The predicted octanol–water partition coefficient (Wildman–Crippen LogP) is 2.02. The SMILES string of the molecule is Cn1ccc2c(C(=O)O)ccc(F)c21. The summed E-state index contributed by atoms with van der Waals surface area (Å²) >= 11 is 0. The molecular weight excluding hydrogens is 185 g/mol. The van der Waals surface area contributed by atoms with Gasteiger partial charge in [-0.15, -0.1) is 0 Å². The third kappa shape index (κ3) is 1.08. The van der Waals surface area contributed by atoms with E-state index in [2.05, 4.69) is 0 Å². The molecule has 1 aromatic carbocycles. The third-order valence-electron chi connectivity index (χ3n) is 2.22. The van der Waals surface area contributed by atoms with E-state index in [1.807, 2.05) is 0 Å².